The highest BCUT2D eigenvalue weighted by Gasteiger charge is 2.15. The van der Waals surface area contributed by atoms with Gasteiger partial charge in [-0.2, -0.15) is 0 Å². The van der Waals surface area contributed by atoms with E-state index in [9.17, 15) is 4.79 Å². The van der Waals surface area contributed by atoms with Crippen LogP contribution in [0.2, 0.25) is 6.32 Å². The van der Waals surface area contributed by atoms with E-state index in [0.717, 1.165) is 11.9 Å². The predicted molar refractivity (Wildman–Crippen MR) is 55.6 cm³/mol. The Morgan fingerprint density at radius 1 is 1.42 bits per heavy atom. The number of carbonyl (C=O) groups excluding carboxylic acids is 1. The maximum Gasteiger partial charge on any atom is 0.189 e. The molecule has 0 saturated heterocycles. The molecule has 12 heavy (non-hydrogen) atoms. The van der Waals surface area contributed by atoms with Crippen molar-refractivity contribution in [1.82, 2.24) is 0 Å². The lowest BCUT2D eigenvalue weighted by atomic mass is 9.28. The molecule has 0 atom stereocenters. The quantitative estimate of drug-likeness (QED) is 0.600. The van der Waals surface area contributed by atoms with E-state index in [1.54, 1.807) is 0 Å². The number of hydrogen-bond acceptors (Lipinski definition) is 1. The van der Waals surface area contributed by atoms with Gasteiger partial charge in [0.15, 0.2) is 6.60 Å². The Balaban J connectivity index is 2.79. The second kappa shape index (κ2) is 4.15. The molecule has 0 amide bonds. The Bertz CT molecular complexity index is 258. The van der Waals surface area contributed by atoms with Gasteiger partial charge in [-0.25, -0.2) is 0 Å². The van der Waals surface area contributed by atoms with E-state index >= 15 is 0 Å². The highest BCUT2D eigenvalue weighted by atomic mass is 16.1. The molecule has 0 saturated carbocycles. The van der Waals surface area contributed by atoms with Crippen molar-refractivity contribution in [1.29, 1.82) is 0 Å². The van der Waals surface area contributed by atoms with Gasteiger partial charge in [0.05, 0.1) is 7.74 Å². The van der Waals surface area contributed by atoms with Crippen LogP contribution in [0.1, 0.15) is 17.3 Å². The Labute approximate surface area is 74.6 Å². The van der Waals surface area contributed by atoms with Crippen molar-refractivity contribution in [3.63, 3.8) is 0 Å². The summed E-state index contributed by atoms with van der Waals surface area (Å²) in [6.45, 7) is 2.18. The summed E-state index contributed by atoms with van der Waals surface area (Å²) in [6, 6.07) is 9.46. The van der Waals surface area contributed by atoms with Crippen molar-refractivity contribution >= 4 is 20.0 Å². The Morgan fingerprint density at radius 2 is 2.00 bits per heavy atom. The van der Waals surface area contributed by atoms with Crippen LogP contribution in [-0.2, 0) is 0 Å². The van der Waals surface area contributed by atoms with E-state index in [0.29, 0.717) is 0 Å². The van der Waals surface area contributed by atoms with Crippen LogP contribution in [0.4, 0.5) is 0 Å². The molecule has 0 aromatic heterocycles. The summed E-state index contributed by atoms with van der Waals surface area (Å²) in [5.41, 5.74) is 1.07. The lowest BCUT2D eigenvalue weighted by Crippen LogP contribution is -2.25. The van der Waals surface area contributed by atoms with Gasteiger partial charge in [0.25, 0.3) is 0 Å². The number of benzene rings is 1. The first kappa shape index (κ1) is 9.11. The smallest absolute Gasteiger partial charge is 0.189 e. The van der Waals surface area contributed by atoms with Crippen molar-refractivity contribution in [2.75, 3.05) is 0 Å². The molecule has 0 aliphatic carbocycles. The Morgan fingerprint density at radius 3 is 2.50 bits per heavy atom. The normalized spacial score (nSPS) is 9.42. The molecule has 1 rings (SSSR count). The molecule has 0 N–H and O–H groups in total. The zero-order valence-corrected chi connectivity index (χ0v) is 7.58. The summed E-state index contributed by atoms with van der Waals surface area (Å²) in [5.74, 6) is 0. The third-order valence-electron chi connectivity index (χ3n) is 2.12. The van der Waals surface area contributed by atoms with Crippen LogP contribution in [0.25, 0.3) is 0 Å². The van der Waals surface area contributed by atoms with Crippen molar-refractivity contribution < 1.29 is 4.79 Å². The number of rotatable bonds is 3. The SMILES string of the molecule is BB(CC)C(=O)c1ccccc1. The average Bonchev–Trinajstić information content (AvgIpc) is 2.17. The lowest BCUT2D eigenvalue weighted by Gasteiger charge is -2.03. The van der Waals surface area contributed by atoms with E-state index in [-0.39, 0.29) is 12.3 Å². The van der Waals surface area contributed by atoms with Crippen LogP contribution in [0, 0.1) is 0 Å². The van der Waals surface area contributed by atoms with Gasteiger partial charge in [-0.15, -0.1) is 0 Å². The minimum absolute atomic E-state index is 0.146. The van der Waals surface area contributed by atoms with E-state index in [1.165, 1.54) is 0 Å². The first-order chi connectivity index (χ1) is 5.75. The largest absolute Gasteiger partial charge is 0.307 e. The molecule has 0 heterocycles. The number of carbonyl (C=O) groups is 1. The van der Waals surface area contributed by atoms with Crippen molar-refractivity contribution in [2.45, 2.75) is 13.2 Å². The van der Waals surface area contributed by atoms with E-state index in [2.05, 4.69) is 0 Å². The first-order valence-corrected chi connectivity index (χ1v) is 4.35. The summed E-state index contributed by atoms with van der Waals surface area (Å²) in [5, 5.41) is 0. The molecule has 0 aliphatic rings. The molecule has 1 aromatic rings. The molecule has 1 aromatic carbocycles. The summed E-state index contributed by atoms with van der Waals surface area (Å²) in [4.78, 5) is 11.6. The zero-order valence-electron chi connectivity index (χ0n) is 7.58. The van der Waals surface area contributed by atoms with Crippen LogP contribution in [0.3, 0.4) is 0 Å². The predicted octanol–water partition coefficient (Wildman–Crippen LogP) is 1.05. The molecule has 0 unspecified atom stereocenters. The van der Waals surface area contributed by atoms with Gasteiger partial charge in [0, 0.05) is 5.56 Å². The van der Waals surface area contributed by atoms with Gasteiger partial charge in [-0.05, 0) is 0 Å². The molecule has 0 radical (unpaired) electrons. The minimum Gasteiger partial charge on any atom is -0.307 e. The second-order valence-electron chi connectivity index (χ2n) is 3.04. The van der Waals surface area contributed by atoms with Crippen LogP contribution in [0.15, 0.2) is 30.3 Å². The lowest BCUT2D eigenvalue weighted by molar-refractivity contribution is 0.107. The summed E-state index contributed by atoms with van der Waals surface area (Å²) >= 11 is 0. The highest BCUT2D eigenvalue weighted by molar-refractivity contribution is 7.22. The second-order valence-corrected chi connectivity index (χ2v) is 3.04. The molecular formula is C9H12B2O. The Kier molecular flexibility index (Phi) is 3.15. The van der Waals surface area contributed by atoms with Crippen molar-refractivity contribution in [2.24, 2.45) is 0 Å². The molecule has 0 bridgehead atoms. The molecule has 3 heteroatoms. The molecule has 0 spiro atoms. The van der Waals surface area contributed by atoms with Crippen molar-refractivity contribution in [3.8, 4) is 0 Å². The fourth-order valence-electron chi connectivity index (χ4n) is 1.07. The number of hydrogen-bond donors (Lipinski definition) is 0. The third kappa shape index (κ3) is 2.00. The first-order valence-electron chi connectivity index (χ1n) is 4.35. The van der Waals surface area contributed by atoms with Crippen LogP contribution in [0.5, 0.6) is 0 Å². The van der Waals surface area contributed by atoms with Crippen molar-refractivity contribution in [3.05, 3.63) is 35.9 Å². The van der Waals surface area contributed by atoms with Crippen LogP contribution < -0.4 is 0 Å². The van der Waals surface area contributed by atoms with Gasteiger partial charge >= 0.3 is 0 Å². The van der Waals surface area contributed by atoms with E-state index < -0.39 is 0 Å². The fraction of sp³-hybridized carbons (Fsp3) is 0.222. The highest BCUT2D eigenvalue weighted by Crippen LogP contribution is 2.02. The summed E-state index contributed by atoms with van der Waals surface area (Å²) < 4.78 is 0. The van der Waals surface area contributed by atoms with Crippen LogP contribution >= 0.6 is 0 Å². The average molecular weight is 158 g/mol. The summed E-state index contributed by atoms with van der Waals surface area (Å²) in [6.07, 6.45) is 0.910. The van der Waals surface area contributed by atoms with Crippen LogP contribution in [-0.4, -0.2) is 20.0 Å². The van der Waals surface area contributed by atoms with Gasteiger partial charge in [-0.1, -0.05) is 43.6 Å². The maximum absolute atomic E-state index is 11.6. The Hall–Kier alpha value is -0.980. The standard InChI is InChI=1S/C9H12B2O/c1-2-11(10)9(12)8-6-4-3-5-7-8/h3-7H,2,10H2,1H3. The molecule has 0 fully saturated rings. The molecule has 60 valence electrons. The topological polar surface area (TPSA) is 17.1 Å². The van der Waals surface area contributed by atoms with E-state index in [1.807, 2.05) is 45.0 Å². The maximum atomic E-state index is 11.6. The molecular weight excluding hydrogens is 146 g/mol. The molecule has 1 nitrogen and oxygen atoms in total. The third-order valence-corrected chi connectivity index (χ3v) is 2.12. The van der Waals surface area contributed by atoms with Gasteiger partial charge in [-0.3, -0.25) is 0 Å². The molecule has 0 aliphatic heterocycles. The monoisotopic (exact) mass is 158 g/mol. The minimum atomic E-state index is 0.146. The van der Waals surface area contributed by atoms with Gasteiger partial charge in [0.1, 0.15) is 5.68 Å². The summed E-state index contributed by atoms with van der Waals surface area (Å²) in [7, 11) is 1.97. The van der Waals surface area contributed by atoms with Gasteiger partial charge in [0.2, 0.25) is 0 Å². The van der Waals surface area contributed by atoms with E-state index in [4.69, 9.17) is 0 Å². The van der Waals surface area contributed by atoms with Gasteiger partial charge < -0.3 is 4.79 Å². The zero-order chi connectivity index (χ0) is 8.97. The fourth-order valence-corrected chi connectivity index (χ4v) is 1.07.